The number of carbonyl (C=O) groups is 2. The van der Waals surface area contributed by atoms with Gasteiger partial charge in [-0.2, -0.15) is 0 Å². The predicted octanol–water partition coefficient (Wildman–Crippen LogP) is 3.42. The number of aliphatic hydroxyl groups is 1. The molecule has 146 valence electrons. The summed E-state index contributed by atoms with van der Waals surface area (Å²) < 4.78 is 10.3. The predicted molar refractivity (Wildman–Crippen MR) is 105 cm³/mol. The molecule has 0 saturated carbocycles. The van der Waals surface area contributed by atoms with E-state index in [1.54, 1.807) is 55.6 Å². The van der Waals surface area contributed by atoms with Gasteiger partial charge in [0.1, 0.15) is 11.5 Å². The first-order valence-electron chi connectivity index (χ1n) is 8.65. The summed E-state index contributed by atoms with van der Waals surface area (Å²) in [6, 6.07) is 12.7. The molecule has 2 aromatic carbocycles. The lowest BCUT2D eigenvalue weighted by Crippen LogP contribution is -2.32. The molecule has 7 heteroatoms. The van der Waals surface area contributed by atoms with E-state index in [2.05, 4.69) is 0 Å². The molecule has 0 spiro atoms. The van der Waals surface area contributed by atoms with Gasteiger partial charge in [-0.25, -0.2) is 0 Å². The zero-order valence-corrected chi connectivity index (χ0v) is 16.3. The fourth-order valence-electron chi connectivity index (χ4n) is 3.20. The summed E-state index contributed by atoms with van der Waals surface area (Å²) in [6.07, 6.45) is 0. The second-order valence-corrected chi connectivity index (χ2v) is 6.70. The second-order valence-electron chi connectivity index (χ2n) is 6.27. The van der Waals surface area contributed by atoms with Crippen molar-refractivity contribution < 1.29 is 24.2 Å². The van der Waals surface area contributed by atoms with Gasteiger partial charge in [0.05, 0.1) is 25.3 Å². The number of aliphatic hydroxyl groups excluding tert-OH is 1. The Morgan fingerprint density at radius 3 is 2.29 bits per heavy atom. The smallest absolute Gasteiger partial charge is 0.295 e. The number of carbonyl (C=O) groups excluding carboxylic acids is 2. The number of ketones is 1. The molecule has 1 atom stereocenters. The Morgan fingerprint density at radius 1 is 1.07 bits per heavy atom. The van der Waals surface area contributed by atoms with Gasteiger partial charge in [-0.15, -0.1) is 0 Å². The van der Waals surface area contributed by atoms with E-state index in [9.17, 15) is 14.7 Å². The Labute approximate surface area is 167 Å². The summed E-state index contributed by atoms with van der Waals surface area (Å²) in [5.74, 6) is -0.996. The summed E-state index contributed by atoms with van der Waals surface area (Å²) in [4.78, 5) is 26.8. The number of methoxy groups -OCH3 is 2. The third-order valence-corrected chi connectivity index (χ3v) is 4.88. The average molecular weight is 402 g/mol. The quantitative estimate of drug-likeness (QED) is 0.456. The molecule has 1 aliphatic heterocycles. The van der Waals surface area contributed by atoms with Crippen LogP contribution in [-0.2, 0) is 14.3 Å². The molecule has 1 amide bonds. The van der Waals surface area contributed by atoms with Gasteiger partial charge in [0.25, 0.3) is 11.7 Å². The van der Waals surface area contributed by atoms with Crippen LogP contribution in [0.25, 0.3) is 5.76 Å². The Kier molecular flexibility index (Phi) is 6.02. The van der Waals surface area contributed by atoms with Crippen molar-refractivity contribution in [3.63, 3.8) is 0 Å². The van der Waals surface area contributed by atoms with Crippen molar-refractivity contribution in [2.24, 2.45) is 0 Å². The minimum atomic E-state index is -0.732. The summed E-state index contributed by atoms with van der Waals surface area (Å²) in [5.41, 5.74) is 1.13. The fraction of sp³-hybridized carbons (Fsp3) is 0.238. The highest BCUT2D eigenvalue weighted by molar-refractivity contribution is 6.46. The van der Waals surface area contributed by atoms with Gasteiger partial charge in [0.15, 0.2) is 0 Å². The molecule has 28 heavy (non-hydrogen) atoms. The number of likely N-dealkylation sites (tertiary alicyclic amines) is 1. The highest BCUT2D eigenvalue weighted by Crippen LogP contribution is 2.39. The molecule has 2 aromatic rings. The van der Waals surface area contributed by atoms with E-state index in [0.29, 0.717) is 21.9 Å². The molecule has 0 bridgehead atoms. The average Bonchev–Trinajstić information content (AvgIpc) is 2.97. The van der Waals surface area contributed by atoms with Crippen LogP contribution < -0.4 is 4.74 Å². The van der Waals surface area contributed by atoms with Gasteiger partial charge in [-0.05, 0) is 42.0 Å². The zero-order chi connectivity index (χ0) is 20.3. The lowest BCUT2D eigenvalue weighted by Gasteiger charge is -2.25. The highest BCUT2D eigenvalue weighted by Gasteiger charge is 2.45. The molecule has 0 radical (unpaired) electrons. The van der Waals surface area contributed by atoms with Crippen LogP contribution in [0.3, 0.4) is 0 Å². The largest absolute Gasteiger partial charge is 0.507 e. The molecule has 1 fully saturated rings. The Bertz CT molecular complexity index is 905. The number of halogens is 1. The molecule has 3 rings (SSSR count). The number of rotatable bonds is 6. The van der Waals surface area contributed by atoms with E-state index in [1.807, 2.05) is 0 Å². The third-order valence-electron chi connectivity index (χ3n) is 4.63. The number of nitrogens with zero attached hydrogens (tertiary/aromatic N) is 1. The third kappa shape index (κ3) is 3.74. The van der Waals surface area contributed by atoms with Gasteiger partial charge in [-0.1, -0.05) is 23.7 Å². The topological polar surface area (TPSA) is 76.1 Å². The number of benzene rings is 2. The highest BCUT2D eigenvalue weighted by atomic mass is 35.5. The van der Waals surface area contributed by atoms with Crippen LogP contribution in [0, 0.1) is 0 Å². The maximum atomic E-state index is 12.8. The lowest BCUT2D eigenvalue weighted by molar-refractivity contribution is -0.140. The normalized spacial score (nSPS) is 18.5. The van der Waals surface area contributed by atoms with Crippen molar-refractivity contribution in [3.05, 3.63) is 70.3 Å². The number of hydrogen-bond donors (Lipinski definition) is 1. The minimum Gasteiger partial charge on any atom is -0.507 e. The molecule has 1 N–H and O–H groups in total. The summed E-state index contributed by atoms with van der Waals surface area (Å²) in [7, 11) is 3.08. The van der Waals surface area contributed by atoms with Gasteiger partial charge < -0.3 is 19.5 Å². The van der Waals surface area contributed by atoms with Gasteiger partial charge in [0, 0.05) is 24.2 Å². The van der Waals surface area contributed by atoms with Crippen LogP contribution in [0.15, 0.2) is 54.1 Å². The van der Waals surface area contributed by atoms with Crippen LogP contribution in [0.4, 0.5) is 0 Å². The molecule has 0 unspecified atom stereocenters. The van der Waals surface area contributed by atoms with E-state index in [-0.39, 0.29) is 24.5 Å². The maximum absolute atomic E-state index is 12.8. The van der Waals surface area contributed by atoms with Crippen LogP contribution in [0.1, 0.15) is 17.2 Å². The van der Waals surface area contributed by atoms with Gasteiger partial charge in [0.2, 0.25) is 0 Å². The first-order valence-corrected chi connectivity index (χ1v) is 9.03. The Balaban J connectivity index is 2.13. The van der Waals surface area contributed by atoms with E-state index in [1.165, 1.54) is 12.0 Å². The lowest BCUT2D eigenvalue weighted by atomic mass is 9.95. The fourth-order valence-corrected chi connectivity index (χ4v) is 3.32. The minimum absolute atomic E-state index is 0.0357. The SMILES string of the molecule is COCCN1C(=O)C(=O)/C(=C(/O)c2ccc(Cl)cc2)[C@H]1c1ccc(OC)cc1. The van der Waals surface area contributed by atoms with Crippen molar-refractivity contribution in [1.82, 2.24) is 4.90 Å². The van der Waals surface area contributed by atoms with Crippen LogP contribution in [-0.4, -0.2) is 49.1 Å². The van der Waals surface area contributed by atoms with E-state index in [0.717, 1.165) is 0 Å². The number of hydrogen-bond acceptors (Lipinski definition) is 5. The molecular formula is C21H20ClNO5. The second kappa shape index (κ2) is 8.46. The molecule has 1 heterocycles. The number of ether oxygens (including phenoxy) is 2. The molecule has 1 aliphatic rings. The van der Waals surface area contributed by atoms with E-state index >= 15 is 0 Å². The monoisotopic (exact) mass is 401 g/mol. The Hall–Kier alpha value is -2.83. The van der Waals surface area contributed by atoms with Crippen molar-refractivity contribution >= 4 is 29.1 Å². The number of amides is 1. The number of Topliss-reactive ketones (excluding diaryl/α,β-unsaturated/α-hetero) is 1. The summed E-state index contributed by atoms with van der Waals surface area (Å²) in [6.45, 7) is 0.482. The van der Waals surface area contributed by atoms with E-state index in [4.69, 9.17) is 21.1 Å². The van der Waals surface area contributed by atoms with E-state index < -0.39 is 17.7 Å². The molecule has 1 saturated heterocycles. The summed E-state index contributed by atoms with van der Waals surface area (Å²) >= 11 is 5.91. The molecular weight excluding hydrogens is 382 g/mol. The van der Waals surface area contributed by atoms with Crippen LogP contribution in [0.5, 0.6) is 5.75 Å². The Morgan fingerprint density at radius 2 is 1.71 bits per heavy atom. The van der Waals surface area contributed by atoms with Crippen molar-refractivity contribution in [2.45, 2.75) is 6.04 Å². The maximum Gasteiger partial charge on any atom is 0.295 e. The van der Waals surface area contributed by atoms with Crippen LogP contribution >= 0.6 is 11.6 Å². The standard InChI is InChI=1S/C21H20ClNO5/c1-27-12-11-23-18(13-5-9-16(28-2)10-6-13)17(20(25)21(23)26)19(24)14-3-7-15(22)8-4-14/h3-10,18,24H,11-12H2,1-2H3/b19-17+/t18-/m1/s1. The zero-order valence-electron chi connectivity index (χ0n) is 15.5. The first kappa shape index (κ1) is 19.9. The summed E-state index contributed by atoms with van der Waals surface area (Å²) in [5, 5.41) is 11.4. The first-order chi connectivity index (χ1) is 13.5. The molecule has 0 aromatic heterocycles. The van der Waals surface area contributed by atoms with Crippen molar-refractivity contribution in [3.8, 4) is 5.75 Å². The van der Waals surface area contributed by atoms with Crippen LogP contribution in [0.2, 0.25) is 5.02 Å². The van der Waals surface area contributed by atoms with Crippen molar-refractivity contribution in [1.29, 1.82) is 0 Å². The van der Waals surface area contributed by atoms with Gasteiger partial charge in [-0.3, -0.25) is 9.59 Å². The van der Waals surface area contributed by atoms with Crippen molar-refractivity contribution in [2.75, 3.05) is 27.4 Å². The molecule has 0 aliphatic carbocycles. The molecule has 6 nitrogen and oxygen atoms in total. The van der Waals surface area contributed by atoms with Gasteiger partial charge >= 0.3 is 0 Å².